The van der Waals surface area contributed by atoms with Crippen molar-refractivity contribution in [1.29, 1.82) is 0 Å². The summed E-state index contributed by atoms with van der Waals surface area (Å²) in [4.78, 5) is 20.4. The molecule has 406 valence electrons. The summed E-state index contributed by atoms with van der Waals surface area (Å²) in [5.74, 6) is 0. The topological polar surface area (TPSA) is 51.6 Å². The highest BCUT2D eigenvalue weighted by atomic mass is 14.8. The van der Waals surface area contributed by atoms with Gasteiger partial charge in [0.05, 0.1) is 33.5 Å². The summed E-state index contributed by atoms with van der Waals surface area (Å²) in [6, 6.07) is 106. The van der Waals surface area contributed by atoms with E-state index in [1.54, 1.807) is 0 Å². The molecule has 0 unspecified atom stereocenters. The Morgan fingerprint density at radius 1 is 0.182 bits per heavy atom. The SMILES string of the molecule is c1cc(-c2cccc(-c3ccc4cc(-c5cccc6c7cc(-c8ccc(-c9cccc(-c%10ccc%11ccc%12cccnc%12c%11n%10)c9)cc8)ccc7c7ccccc7c56)c5cccnc5c4n3)c2)cc(-c2ccc3c4ccccc4c4ccccc4c3c2)c1. The molecule has 0 aliphatic heterocycles. The Morgan fingerprint density at radius 2 is 0.557 bits per heavy atom. The monoisotopic (exact) mass is 1110 g/mol. The molecular formula is C84H50N4. The zero-order valence-electron chi connectivity index (χ0n) is 47.7. The Bertz CT molecular complexity index is 5910. The van der Waals surface area contributed by atoms with Crippen LogP contribution in [0, 0.1) is 0 Å². The third-order valence-electron chi connectivity index (χ3n) is 18.3. The fourth-order valence-corrected chi connectivity index (χ4v) is 14.0. The molecule has 4 heterocycles. The van der Waals surface area contributed by atoms with Crippen LogP contribution in [0.1, 0.15) is 0 Å². The predicted octanol–water partition coefficient (Wildman–Crippen LogP) is 22.5. The number of rotatable bonds is 7. The molecule has 0 bridgehead atoms. The second kappa shape index (κ2) is 20.0. The number of nitrogens with zero attached hydrogens (tertiary/aromatic N) is 4. The van der Waals surface area contributed by atoms with E-state index in [1.165, 1.54) is 86.9 Å². The molecule has 4 heteroatoms. The fraction of sp³-hybridized carbons (Fsp3) is 0. The van der Waals surface area contributed by atoms with Crippen LogP contribution in [0.25, 0.3) is 186 Å². The summed E-state index contributed by atoms with van der Waals surface area (Å²) in [5, 5.41) is 19.3. The third kappa shape index (κ3) is 8.07. The highest BCUT2D eigenvalue weighted by Gasteiger charge is 2.19. The van der Waals surface area contributed by atoms with Crippen LogP contribution < -0.4 is 0 Å². The lowest BCUT2D eigenvalue weighted by molar-refractivity contribution is 1.37. The van der Waals surface area contributed by atoms with Gasteiger partial charge in [-0.15, -0.1) is 0 Å². The van der Waals surface area contributed by atoms with Gasteiger partial charge >= 0.3 is 0 Å². The molecule has 88 heavy (non-hydrogen) atoms. The van der Waals surface area contributed by atoms with E-state index in [4.69, 9.17) is 19.9 Å². The van der Waals surface area contributed by atoms with Gasteiger partial charge in [-0.1, -0.05) is 231 Å². The van der Waals surface area contributed by atoms with Crippen LogP contribution in [0.4, 0.5) is 0 Å². The van der Waals surface area contributed by atoms with E-state index in [1.807, 2.05) is 18.5 Å². The molecule has 0 aliphatic rings. The van der Waals surface area contributed by atoms with Gasteiger partial charge in [-0.05, 0) is 181 Å². The molecule has 0 aliphatic carbocycles. The molecule has 0 radical (unpaired) electrons. The first-order valence-electron chi connectivity index (χ1n) is 30.1. The van der Waals surface area contributed by atoms with E-state index in [2.05, 4.69) is 285 Å². The fourth-order valence-electron chi connectivity index (χ4n) is 14.0. The van der Waals surface area contributed by atoms with E-state index < -0.39 is 0 Å². The van der Waals surface area contributed by atoms with Gasteiger partial charge in [0.25, 0.3) is 0 Å². The van der Waals surface area contributed by atoms with Gasteiger partial charge in [0.15, 0.2) is 0 Å². The number of fused-ring (bicyclic) bond motifs is 18. The second-order valence-corrected chi connectivity index (χ2v) is 23.2. The Kier molecular flexibility index (Phi) is 11.3. The maximum Gasteiger partial charge on any atom is 0.0972 e. The van der Waals surface area contributed by atoms with E-state index in [0.29, 0.717) is 0 Å². The lowest BCUT2D eigenvalue weighted by atomic mass is 9.87. The lowest BCUT2D eigenvalue weighted by Crippen LogP contribution is -1.93. The van der Waals surface area contributed by atoms with Crippen molar-refractivity contribution in [2.45, 2.75) is 0 Å². The molecular weight excluding hydrogens is 1060 g/mol. The Labute approximate surface area is 507 Å². The van der Waals surface area contributed by atoms with Crippen molar-refractivity contribution < 1.29 is 0 Å². The van der Waals surface area contributed by atoms with Crippen molar-refractivity contribution in [3.63, 3.8) is 0 Å². The number of aromatic nitrogens is 4. The van der Waals surface area contributed by atoms with Gasteiger partial charge in [-0.3, -0.25) is 9.97 Å². The maximum absolute atomic E-state index is 5.46. The van der Waals surface area contributed by atoms with Crippen LogP contribution in [0.15, 0.2) is 304 Å². The molecule has 14 aromatic carbocycles. The molecule has 0 amide bonds. The van der Waals surface area contributed by atoms with Gasteiger partial charge in [-0.25, -0.2) is 9.97 Å². The van der Waals surface area contributed by atoms with Crippen molar-refractivity contribution in [3.8, 4) is 78.1 Å². The molecule has 18 aromatic rings. The lowest BCUT2D eigenvalue weighted by Gasteiger charge is -2.17. The van der Waals surface area contributed by atoms with Gasteiger partial charge in [0.2, 0.25) is 0 Å². The van der Waals surface area contributed by atoms with Crippen LogP contribution in [0.5, 0.6) is 0 Å². The van der Waals surface area contributed by atoms with Crippen LogP contribution in [0.3, 0.4) is 0 Å². The predicted molar refractivity (Wildman–Crippen MR) is 371 cm³/mol. The molecule has 0 N–H and O–H groups in total. The average Bonchev–Trinajstić information content (AvgIpc) is 0.827. The minimum Gasteiger partial charge on any atom is -0.254 e. The van der Waals surface area contributed by atoms with Gasteiger partial charge < -0.3 is 0 Å². The molecule has 18 rings (SSSR count). The zero-order valence-corrected chi connectivity index (χ0v) is 47.7. The van der Waals surface area contributed by atoms with E-state index in [-0.39, 0.29) is 0 Å². The number of hydrogen-bond donors (Lipinski definition) is 0. The standard InChI is InChI=1S/C84H50N4/c1-2-22-66-64(20-1)65-21-3-4-24-68(65)75-49-60(36-40-69(66)75)57-15-7-14-56(45-57)58-16-9-18-62(47-58)79-42-38-63-50-77(74-28-12-44-86-84(74)83(63)88-79)73-27-10-26-72-76-48-59(35-39-70(76)67-23-5-6-25-71(67)80(72)73)52-31-29-51(30-32-52)55-13-8-17-61(46-55)78-41-37-54-34-33-53-19-11-43-85-81(53)82(54)87-78/h1-50H. The van der Waals surface area contributed by atoms with Crippen molar-refractivity contribution in [1.82, 2.24) is 19.9 Å². The maximum atomic E-state index is 5.46. The smallest absolute Gasteiger partial charge is 0.0972 e. The van der Waals surface area contributed by atoms with Gasteiger partial charge in [0.1, 0.15) is 0 Å². The molecule has 4 nitrogen and oxygen atoms in total. The number of pyridine rings is 4. The highest BCUT2D eigenvalue weighted by Crippen LogP contribution is 2.45. The van der Waals surface area contributed by atoms with Crippen molar-refractivity contribution >= 4 is 108 Å². The first-order valence-corrected chi connectivity index (χ1v) is 30.1. The summed E-state index contributed by atoms with van der Waals surface area (Å²) >= 11 is 0. The van der Waals surface area contributed by atoms with Crippen LogP contribution in [0.2, 0.25) is 0 Å². The highest BCUT2D eigenvalue weighted by molar-refractivity contribution is 6.30. The minimum atomic E-state index is 0.882. The summed E-state index contributed by atoms with van der Waals surface area (Å²) in [6.45, 7) is 0. The molecule has 0 saturated heterocycles. The summed E-state index contributed by atoms with van der Waals surface area (Å²) in [7, 11) is 0. The van der Waals surface area contributed by atoms with E-state index >= 15 is 0 Å². The number of hydrogen-bond acceptors (Lipinski definition) is 4. The Morgan fingerprint density at radius 3 is 1.17 bits per heavy atom. The molecule has 4 aromatic heterocycles. The van der Waals surface area contributed by atoms with Crippen LogP contribution >= 0.6 is 0 Å². The first kappa shape index (κ1) is 49.7. The largest absolute Gasteiger partial charge is 0.254 e. The quantitative estimate of drug-likeness (QED) is 0.149. The van der Waals surface area contributed by atoms with Crippen LogP contribution in [-0.4, -0.2) is 19.9 Å². The molecule has 0 fully saturated rings. The molecule has 0 spiro atoms. The zero-order chi connectivity index (χ0) is 57.8. The van der Waals surface area contributed by atoms with E-state index in [9.17, 15) is 0 Å². The normalized spacial score (nSPS) is 11.9. The molecule has 0 saturated carbocycles. The average molecular weight is 1120 g/mol. The third-order valence-corrected chi connectivity index (χ3v) is 18.3. The van der Waals surface area contributed by atoms with Gasteiger partial charge in [-0.2, -0.15) is 0 Å². The molecule has 0 atom stereocenters. The summed E-state index contributed by atoms with van der Waals surface area (Å²) < 4.78 is 0. The van der Waals surface area contributed by atoms with Gasteiger partial charge in [0, 0.05) is 45.1 Å². The van der Waals surface area contributed by atoms with Crippen LogP contribution in [-0.2, 0) is 0 Å². The minimum absolute atomic E-state index is 0.882. The Balaban J connectivity index is 0.688. The van der Waals surface area contributed by atoms with Crippen molar-refractivity contribution in [2.75, 3.05) is 0 Å². The van der Waals surface area contributed by atoms with Crippen molar-refractivity contribution in [2.24, 2.45) is 0 Å². The first-order chi connectivity index (χ1) is 43.6. The van der Waals surface area contributed by atoms with Crippen molar-refractivity contribution in [3.05, 3.63) is 304 Å². The summed E-state index contributed by atoms with van der Waals surface area (Å²) in [5.41, 5.74) is 19.2. The number of benzene rings is 14. The Hall–Kier alpha value is -11.7. The second-order valence-electron chi connectivity index (χ2n) is 23.2. The summed E-state index contributed by atoms with van der Waals surface area (Å²) in [6.07, 6.45) is 3.74. The van der Waals surface area contributed by atoms with E-state index in [0.717, 1.165) is 99.5 Å².